The molecule has 1 aliphatic heterocycles. The third-order valence-corrected chi connectivity index (χ3v) is 4.92. The summed E-state index contributed by atoms with van der Waals surface area (Å²) < 4.78 is 0. The van der Waals surface area contributed by atoms with Crippen molar-refractivity contribution in [1.82, 2.24) is 5.32 Å². The van der Waals surface area contributed by atoms with Crippen LogP contribution < -0.4 is 5.32 Å². The van der Waals surface area contributed by atoms with Gasteiger partial charge >= 0.3 is 5.97 Å². The molecule has 2 rings (SSSR count). The Bertz CT molecular complexity index is 247. The minimum Gasteiger partial charge on any atom is -0.480 e. The summed E-state index contributed by atoms with van der Waals surface area (Å²) in [4.78, 5) is 10.8. The van der Waals surface area contributed by atoms with Crippen LogP contribution in [-0.2, 0) is 4.79 Å². The number of aliphatic carboxylic acids is 1. The number of hydrogen-bond donors (Lipinski definition) is 2. The van der Waals surface area contributed by atoms with E-state index < -0.39 is 5.97 Å². The normalized spacial score (nSPS) is 41.7. The molecule has 0 radical (unpaired) electrons. The molecule has 3 nitrogen and oxygen atoms in total. The predicted octanol–water partition coefficient (Wildman–Crippen LogP) is 1.93. The van der Waals surface area contributed by atoms with E-state index in [0.717, 1.165) is 11.7 Å². The zero-order valence-electron chi connectivity index (χ0n) is 9.11. The molecule has 4 unspecified atom stereocenters. The molecule has 0 bridgehead atoms. The largest absolute Gasteiger partial charge is 0.480 e. The number of carbonyl (C=O) groups is 1. The molecule has 1 saturated carbocycles. The Labute approximate surface area is 95.0 Å². The predicted molar refractivity (Wildman–Crippen MR) is 61.9 cm³/mol. The monoisotopic (exact) mass is 229 g/mol. The fourth-order valence-corrected chi connectivity index (χ4v) is 4.08. The van der Waals surface area contributed by atoms with E-state index in [1.165, 1.54) is 25.7 Å². The van der Waals surface area contributed by atoms with Crippen LogP contribution in [0.1, 0.15) is 32.6 Å². The van der Waals surface area contributed by atoms with E-state index >= 15 is 0 Å². The molecule has 15 heavy (non-hydrogen) atoms. The number of carboxylic acid groups (broad SMARTS) is 1. The quantitative estimate of drug-likeness (QED) is 0.759. The molecule has 0 spiro atoms. The lowest BCUT2D eigenvalue weighted by molar-refractivity contribution is -0.138. The third-order valence-electron chi connectivity index (χ3n) is 3.51. The van der Waals surface area contributed by atoms with E-state index in [1.807, 2.05) is 0 Å². The van der Waals surface area contributed by atoms with Gasteiger partial charge in [-0.2, -0.15) is 0 Å². The zero-order valence-corrected chi connectivity index (χ0v) is 9.93. The molecule has 1 aliphatic carbocycles. The van der Waals surface area contributed by atoms with Crippen LogP contribution in [0.2, 0.25) is 0 Å². The molecule has 0 aromatic heterocycles. The molecule has 4 heteroatoms. The van der Waals surface area contributed by atoms with Crippen molar-refractivity contribution in [2.45, 2.75) is 44.0 Å². The summed E-state index contributed by atoms with van der Waals surface area (Å²) in [7, 11) is 0. The summed E-state index contributed by atoms with van der Waals surface area (Å²) in [6, 6.07) is -0.322. The van der Waals surface area contributed by atoms with Gasteiger partial charge in [-0.3, -0.25) is 10.1 Å². The van der Waals surface area contributed by atoms with Crippen LogP contribution in [0.5, 0.6) is 0 Å². The van der Waals surface area contributed by atoms with E-state index in [4.69, 9.17) is 5.11 Å². The van der Waals surface area contributed by atoms with Crippen LogP contribution in [-0.4, -0.2) is 28.2 Å². The van der Waals surface area contributed by atoms with Gasteiger partial charge in [0.15, 0.2) is 0 Å². The molecular weight excluding hydrogens is 210 g/mol. The summed E-state index contributed by atoms with van der Waals surface area (Å²) in [6.45, 7) is 2.31. The van der Waals surface area contributed by atoms with Crippen LogP contribution in [0.25, 0.3) is 0 Å². The first-order valence-corrected chi connectivity index (χ1v) is 6.82. The van der Waals surface area contributed by atoms with Gasteiger partial charge in [-0.1, -0.05) is 19.8 Å². The number of nitrogens with one attached hydrogen (secondary N) is 1. The standard InChI is InChI=1S/C11H19NO2S/c1-7-3-2-4-8(5-7)10-12-9(6-15-10)11(13)14/h7-10,12H,2-6H2,1H3,(H,13,14). The van der Waals surface area contributed by atoms with Gasteiger partial charge in [-0.25, -0.2) is 0 Å². The summed E-state index contributed by atoms with van der Waals surface area (Å²) in [5.41, 5.74) is 0. The Balaban J connectivity index is 1.87. The number of hydrogen-bond acceptors (Lipinski definition) is 3. The molecule has 4 atom stereocenters. The van der Waals surface area contributed by atoms with Gasteiger partial charge in [0.1, 0.15) is 6.04 Å². The highest BCUT2D eigenvalue weighted by atomic mass is 32.2. The first-order chi connectivity index (χ1) is 7.16. The molecule has 0 aromatic rings. The van der Waals surface area contributed by atoms with Crippen molar-refractivity contribution >= 4 is 17.7 Å². The van der Waals surface area contributed by atoms with E-state index in [0.29, 0.717) is 11.3 Å². The van der Waals surface area contributed by atoms with Crippen molar-refractivity contribution in [2.75, 3.05) is 5.75 Å². The maximum atomic E-state index is 10.8. The molecule has 1 heterocycles. The van der Waals surface area contributed by atoms with Gasteiger partial charge in [-0.15, -0.1) is 11.8 Å². The lowest BCUT2D eigenvalue weighted by atomic mass is 9.82. The van der Waals surface area contributed by atoms with Crippen LogP contribution in [0, 0.1) is 11.8 Å². The van der Waals surface area contributed by atoms with E-state index in [1.54, 1.807) is 11.8 Å². The fraction of sp³-hybridized carbons (Fsp3) is 0.909. The molecule has 1 saturated heterocycles. The van der Waals surface area contributed by atoms with E-state index in [-0.39, 0.29) is 6.04 Å². The van der Waals surface area contributed by atoms with Crippen molar-refractivity contribution < 1.29 is 9.90 Å². The summed E-state index contributed by atoms with van der Waals surface area (Å²) in [6.07, 6.45) is 5.18. The first-order valence-electron chi connectivity index (χ1n) is 5.77. The second-order valence-electron chi connectivity index (χ2n) is 4.84. The SMILES string of the molecule is CC1CCCC(C2NC(C(=O)O)CS2)C1. The van der Waals surface area contributed by atoms with Crippen LogP contribution >= 0.6 is 11.8 Å². The summed E-state index contributed by atoms with van der Waals surface area (Å²) in [5.74, 6) is 1.53. The Kier molecular flexibility index (Phi) is 3.57. The van der Waals surface area contributed by atoms with Gasteiger partial charge in [0, 0.05) is 5.75 Å². The minimum atomic E-state index is -0.700. The van der Waals surface area contributed by atoms with Crippen molar-refractivity contribution in [3.05, 3.63) is 0 Å². The number of thioether (sulfide) groups is 1. The highest BCUT2D eigenvalue weighted by Crippen LogP contribution is 2.37. The molecule has 86 valence electrons. The highest BCUT2D eigenvalue weighted by molar-refractivity contribution is 8.00. The molecule has 2 aliphatic rings. The van der Waals surface area contributed by atoms with Gasteiger partial charge in [0.05, 0.1) is 5.37 Å². The smallest absolute Gasteiger partial charge is 0.321 e. The average molecular weight is 229 g/mol. The molecule has 0 aromatic carbocycles. The molecule has 2 N–H and O–H groups in total. The maximum absolute atomic E-state index is 10.8. The van der Waals surface area contributed by atoms with Gasteiger partial charge in [-0.05, 0) is 24.7 Å². The lowest BCUT2D eigenvalue weighted by Crippen LogP contribution is -2.40. The number of rotatable bonds is 2. The van der Waals surface area contributed by atoms with Crippen LogP contribution in [0.3, 0.4) is 0 Å². The van der Waals surface area contributed by atoms with Crippen LogP contribution in [0.4, 0.5) is 0 Å². The van der Waals surface area contributed by atoms with Crippen molar-refractivity contribution in [3.8, 4) is 0 Å². The minimum absolute atomic E-state index is 0.322. The van der Waals surface area contributed by atoms with Gasteiger partial charge < -0.3 is 5.11 Å². The van der Waals surface area contributed by atoms with E-state index in [9.17, 15) is 4.79 Å². The number of carboxylic acids is 1. The Morgan fingerprint density at radius 1 is 1.47 bits per heavy atom. The second kappa shape index (κ2) is 4.74. The first kappa shape index (κ1) is 11.3. The summed E-state index contributed by atoms with van der Waals surface area (Å²) >= 11 is 1.80. The van der Waals surface area contributed by atoms with Crippen molar-refractivity contribution in [2.24, 2.45) is 11.8 Å². The van der Waals surface area contributed by atoms with Crippen molar-refractivity contribution in [3.63, 3.8) is 0 Å². The van der Waals surface area contributed by atoms with Gasteiger partial charge in [0.25, 0.3) is 0 Å². The second-order valence-corrected chi connectivity index (χ2v) is 6.02. The fourth-order valence-electron chi connectivity index (χ4n) is 2.67. The maximum Gasteiger partial charge on any atom is 0.321 e. The highest BCUT2D eigenvalue weighted by Gasteiger charge is 2.35. The molecule has 0 amide bonds. The third kappa shape index (κ3) is 2.67. The van der Waals surface area contributed by atoms with Crippen molar-refractivity contribution in [1.29, 1.82) is 0 Å². The Morgan fingerprint density at radius 2 is 2.27 bits per heavy atom. The lowest BCUT2D eigenvalue weighted by Gasteiger charge is -2.30. The average Bonchev–Trinajstić information content (AvgIpc) is 2.66. The molecular formula is C11H19NO2S. The zero-order chi connectivity index (χ0) is 10.8. The van der Waals surface area contributed by atoms with Crippen LogP contribution in [0.15, 0.2) is 0 Å². The molecule has 2 fully saturated rings. The van der Waals surface area contributed by atoms with Gasteiger partial charge in [0.2, 0.25) is 0 Å². The Hall–Kier alpha value is -0.220. The Morgan fingerprint density at radius 3 is 2.87 bits per heavy atom. The topological polar surface area (TPSA) is 49.3 Å². The summed E-state index contributed by atoms with van der Waals surface area (Å²) in [5, 5.41) is 12.5. The van der Waals surface area contributed by atoms with E-state index in [2.05, 4.69) is 12.2 Å².